The molecule has 0 aliphatic heterocycles. The van der Waals surface area contributed by atoms with Gasteiger partial charge in [0.15, 0.2) is 0 Å². The van der Waals surface area contributed by atoms with Gasteiger partial charge in [-0.3, -0.25) is 0 Å². The zero-order valence-electron chi connectivity index (χ0n) is 10.5. The number of halogens is 1. The first-order valence-corrected chi connectivity index (χ1v) is 6.66. The Morgan fingerprint density at radius 2 is 1.42 bits per heavy atom. The zero-order valence-corrected chi connectivity index (χ0v) is 11.2. The van der Waals surface area contributed by atoms with Crippen LogP contribution in [0.3, 0.4) is 0 Å². The lowest BCUT2D eigenvalue weighted by atomic mass is 10.1. The maximum Gasteiger partial charge on any atom is 0.109 e. The first-order valence-electron chi connectivity index (χ1n) is 6.28. The quantitative estimate of drug-likeness (QED) is 0.639. The average Bonchev–Trinajstić information content (AvgIpc) is 2.82. The number of hydrogen-bond acceptors (Lipinski definition) is 0. The molecule has 0 atom stereocenters. The van der Waals surface area contributed by atoms with Gasteiger partial charge in [-0.05, 0) is 17.2 Å². The highest BCUT2D eigenvalue weighted by Crippen LogP contribution is 2.25. The highest BCUT2D eigenvalue weighted by Gasteiger charge is 2.05. The van der Waals surface area contributed by atoms with Gasteiger partial charge in [-0.15, -0.1) is 0 Å². The normalized spacial score (nSPS) is 10.6. The van der Waals surface area contributed by atoms with E-state index in [1.54, 1.807) is 0 Å². The molecular weight excluding hydrogens is 254 g/mol. The van der Waals surface area contributed by atoms with E-state index < -0.39 is 0 Å². The van der Waals surface area contributed by atoms with Crippen LogP contribution in [0.2, 0.25) is 5.15 Å². The summed E-state index contributed by atoms with van der Waals surface area (Å²) in [6.07, 6.45) is 2.10. The molecule has 0 amide bonds. The molecule has 3 aromatic rings. The van der Waals surface area contributed by atoms with Crippen LogP contribution < -0.4 is 0 Å². The first-order chi connectivity index (χ1) is 9.33. The van der Waals surface area contributed by atoms with Crippen LogP contribution in [-0.2, 0) is 6.54 Å². The molecule has 1 heterocycles. The molecule has 1 nitrogen and oxygen atoms in total. The molecule has 0 radical (unpaired) electrons. The van der Waals surface area contributed by atoms with Crippen LogP contribution in [0.15, 0.2) is 72.9 Å². The van der Waals surface area contributed by atoms with Crippen LogP contribution >= 0.6 is 11.6 Å². The fourth-order valence-electron chi connectivity index (χ4n) is 2.17. The molecule has 0 aliphatic carbocycles. The maximum absolute atomic E-state index is 6.31. The van der Waals surface area contributed by atoms with Crippen LogP contribution in [0, 0.1) is 0 Å². The molecule has 0 fully saturated rings. The van der Waals surface area contributed by atoms with Gasteiger partial charge in [-0.1, -0.05) is 72.3 Å². The fraction of sp³-hybridized carbons (Fsp3) is 0.0588. The van der Waals surface area contributed by atoms with Crippen molar-refractivity contribution in [2.24, 2.45) is 0 Å². The van der Waals surface area contributed by atoms with Crippen molar-refractivity contribution in [3.63, 3.8) is 0 Å². The standard InChI is InChI=1S/C17H14ClN/c18-17-11-16(15-9-5-2-6-10-15)13-19(17)12-14-7-3-1-4-8-14/h1-11,13H,12H2. The lowest BCUT2D eigenvalue weighted by Gasteiger charge is -2.04. The Morgan fingerprint density at radius 1 is 0.789 bits per heavy atom. The Bertz CT molecular complexity index is 656. The Kier molecular flexibility index (Phi) is 3.39. The van der Waals surface area contributed by atoms with E-state index in [0.717, 1.165) is 17.3 Å². The number of benzene rings is 2. The predicted molar refractivity (Wildman–Crippen MR) is 80.4 cm³/mol. The number of nitrogens with zero attached hydrogens (tertiary/aromatic N) is 1. The maximum atomic E-state index is 6.31. The van der Waals surface area contributed by atoms with Gasteiger partial charge < -0.3 is 4.57 Å². The average molecular weight is 268 g/mol. The van der Waals surface area contributed by atoms with Gasteiger partial charge >= 0.3 is 0 Å². The number of rotatable bonds is 3. The van der Waals surface area contributed by atoms with Crippen LogP contribution in [0.25, 0.3) is 11.1 Å². The highest BCUT2D eigenvalue weighted by molar-refractivity contribution is 6.30. The minimum absolute atomic E-state index is 0.766. The highest BCUT2D eigenvalue weighted by atomic mass is 35.5. The van der Waals surface area contributed by atoms with E-state index in [-0.39, 0.29) is 0 Å². The molecule has 0 saturated carbocycles. The summed E-state index contributed by atoms with van der Waals surface area (Å²) in [6.45, 7) is 0.798. The molecule has 2 heteroatoms. The van der Waals surface area contributed by atoms with Crippen LogP contribution in [0.5, 0.6) is 0 Å². The molecule has 19 heavy (non-hydrogen) atoms. The summed E-state index contributed by atoms with van der Waals surface area (Å²) in [6, 6.07) is 22.6. The molecule has 3 rings (SSSR count). The van der Waals surface area contributed by atoms with Crippen LogP contribution in [-0.4, -0.2) is 4.57 Å². The first kappa shape index (κ1) is 12.1. The van der Waals surface area contributed by atoms with E-state index in [9.17, 15) is 0 Å². The van der Waals surface area contributed by atoms with Crippen molar-refractivity contribution in [1.82, 2.24) is 4.57 Å². The second-order valence-electron chi connectivity index (χ2n) is 4.53. The molecule has 0 saturated heterocycles. The molecular formula is C17H14ClN. The van der Waals surface area contributed by atoms with Crippen molar-refractivity contribution in [3.05, 3.63) is 83.6 Å². The molecule has 94 valence electrons. The van der Waals surface area contributed by atoms with Crippen molar-refractivity contribution in [3.8, 4) is 11.1 Å². The zero-order chi connectivity index (χ0) is 13.1. The van der Waals surface area contributed by atoms with Gasteiger partial charge in [0.1, 0.15) is 5.15 Å². The van der Waals surface area contributed by atoms with Crippen molar-refractivity contribution >= 4 is 11.6 Å². The van der Waals surface area contributed by atoms with Gasteiger partial charge in [0.25, 0.3) is 0 Å². The second kappa shape index (κ2) is 5.33. The molecule has 0 bridgehead atoms. The van der Waals surface area contributed by atoms with E-state index in [4.69, 9.17) is 11.6 Å². The smallest absolute Gasteiger partial charge is 0.109 e. The van der Waals surface area contributed by atoms with Gasteiger partial charge in [0.2, 0.25) is 0 Å². The topological polar surface area (TPSA) is 4.93 Å². The molecule has 0 unspecified atom stereocenters. The summed E-state index contributed by atoms with van der Waals surface area (Å²) in [5.74, 6) is 0. The predicted octanol–water partition coefficient (Wildman–Crippen LogP) is 4.86. The molecule has 0 aliphatic rings. The van der Waals surface area contributed by atoms with Crippen molar-refractivity contribution < 1.29 is 0 Å². The third-order valence-corrected chi connectivity index (χ3v) is 3.47. The third-order valence-electron chi connectivity index (χ3n) is 3.15. The summed E-state index contributed by atoms with van der Waals surface area (Å²) in [4.78, 5) is 0. The van der Waals surface area contributed by atoms with Crippen molar-refractivity contribution in [2.75, 3.05) is 0 Å². The summed E-state index contributed by atoms with van der Waals surface area (Å²) >= 11 is 6.31. The van der Waals surface area contributed by atoms with Crippen molar-refractivity contribution in [1.29, 1.82) is 0 Å². The van der Waals surface area contributed by atoms with E-state index in [1.165, 1.54) is 11.1 Å². The Morgan fingerprint density at radius 3 is 2.11 bits per heavy atom. The van der Waals surface area contributed by atoms with E-state index in [0.29, 0.717) is 0 Å². The van der Waals surface area contributed by atoms with E-state index in [2.05, 4.69) is 35.0 Å². The minimum Gasteiger partial charge on any atom is -0.334 e. The third kappa shape index (κ3) is 2.72. The minimum atomic E-state index is 0.766. The lowest BCUT2D eigenvalue weighted by molar-refractivity contribution is 0.808. The monoisotopic (exact) mass is 267 g/mol. The molecule has 0 spiro atoms. The van der Waals surface area contributed by atoms with Gasteiger partial charge in [0.05, 0.1) is 0 Å². The molecule has 2 aromatic carbocycles. The van der Waals surface area contributed by atoms with Crippen molar-refractivity contribution in [2.45, 2.75) is 6.54 Å². The summed E-state index contributed by atoms with van der Waals surface area (Å²) in [7, 11) is 0. The number of aromatic nitrogens is 1. The SMILES string of the molecule is Clc1cc(-c2ccccc2)cn1Cc1ccccc1. The Balaban J connectivity index is 1.90. The molecule has 1 aromatic heterocycles. The van der Waals surface area contributed by atoms with Crippen LogP contribution in [0.4, 0.5) is 0 Å². The van der Waals surface area contributed by atoms with E-state index in [1.807, 2.05) is 42.5 Å². The Labute approximate surface area is 118 Å². The second-order valence-corrected chi connectivity index (χ2v) is 4.92. The van der Waals surface area contributed by atoms with Gasteiger partial charge in [-0.25, -0.2) is 0 Å². The van der Waals surface area contributed by atoms with Gasteiger partial charge in [0, 0.05) is 18.3 Å². The fourth-order valence-corrected chi connectivity index (χ4v) is 2.39. The van der Waals surface area contributed by atoms with Crippen LogP contribution in [0.1, 0.15) is 5.56 Å². The molecule has 0 N–H and O–H groups in total. The largest absolute Gasteiger partial charge is 0.334 e. The van der Waals surface area contributed by atoms with E-state index >= 15 is 0 Å². The van der Waals surface area contributed by atoms with Gasteiger partial charge in [-0.2, -0.15) is 0 Å². The lowest BCUT2D eigenvalue weighted by Crippen LogP contribution is -1.97. The summed E-state index contributed by atoms with van der Waals surface area (Å²) in [5.41, 5.74) is 3.59. The number of hydrogen-bond donors (Lipinski definition) is 0. The summed E-state index contributed by atoms with van der Waals surface area (Å²) in [5, 5.41) is 0.766. The Hall–Kier alpha value is -1.99. The summed E-state index contributed by atoms with van der Waals surface area (Å²) < 4.78 is 2.07.